The maximum absolute atomic E-state index is 11.5. The predicted octanol–water partition coefficient (Wildman–Crippen LogP) is 1.19. The Bertz CT molecular complexity index is 294. The largest absolute Gasteiger partial charge is 0.480 e. The lowest BCUT2D eigenvalue weighted by atomic mass is 9.95. The monoisotopic (exact) mass is 272 g/mol. The van der Waals surface area contributed by atoms with Crippen molar-refractivity contribution in [2.45, 2.75) is 45.2 Å². The number of rotatable bonds is 7. The Kier molecular flexibility index (Phi) is 6.23. The number of ether oxygens (including phenoxy) is 1. The van der Waals surface area contributed by atoms with Gasteiger partial charge in [-0.05, 0) is 46.1 Å². The van der Waals surface area contributed by atoms with E-state index in [1.165, 1.54) is 6.42 Å². The summed E-state index contributed by atoms with van der Waals surface area (Å²) >= 11 is 0. The molecule has 5 heteroatoms. The molecule has 0 bridgehead atoms. The number of carboxylic acids is 1. The Hall–Kier alpha value is -0.650. The summed E-state index contributed by atoms with van der Waals surface area (Å²) in [7, 11) is 1.72. The number of likely N-dealkylation sites (tertiary alicyclic amines) is 1. The van der Waals surface area contributed by atoms with Gasteiger partial charge in [-0.25, -0.2) is 0 Å². The third-order valence-electron chi connectivity index (χ3n) is 3.62. The molecule has 2 atom stereocenters. The molecular weight excluding hydrogens is 244 g/mol. The smallest absolute Gasteiger partial charge is 0.324 e. The predicted molar refractivity (Wildman–Crippen MR) is 75.4 cm³/mol. The van der Waals surface area contributed by atoms with Crippen LogP contribution in [0.2, 0.25) is 0 Å². The number of hydrogen-bond donors (Lipinski definition) is 2. The normalized spacial score (nSPS) is 24.4. The zero-order valence-corrected chi connectivity index (χ0v) is 12.6. The lowest BCUT2D eigenvalue weighted by Crippen LogP contribution is -2.60. The molecule has 1 heterocycles. The topological polar surface area (TPSA) is 61.8 Å². The number of carboxylic acid groups (broad SMARTS) is 1. The minimum atomic E-state index is -0.886. The maximum Gasteiger partial charge on any atom is 0.324 e. The van der Waals surface area contributed by atoms with Gasteiger partial charge in [0.25, 0.3) is 0 Å². The first-order chi connectivity index (χ1) is 8.87. The van der Waals surface area contributed by atoms with Crippen LogP contribution in [0.15, 0.2) is 0 Å². The molecule has 1 rings (SSSR count). The lowest BCUT2D eigenvalue weighted by molar-refractivity contribution is -0.145. The van der Waals surface area contributed by atoms with Gasteiger partial charge in [-0.1, -0.05) is 0 Å². The van der Waals surface area contributed by atoms with Crippen molar-refractivity contribution in [2.75, 3.05) is 33.4 Å². The lowest BCUT2D eigenvalue weighted by Gasteiger charge is -2.38. The van der Waals surface area contributed by atoms with E-state index in [0.29, 0.717) is 12.5 Å². The molecule has 112 valence electrons. The van der Waals surface area contributed by atoms with Crippen molar-refractivity contribution in [2.24, 2.45) is 5.92 Å². The van der Waals surface area contributed by atoms with E-state index in [-0.39, 0.29) is 6.04 Å². The first-order valence-electron chi connectivity index (χ1n) is 7.10. The second kappa shape index (κ2) is 7.22. The second-order valence-electron chi connectivity index (χ2n) is 6.14. The summed E-state index contributed by atoms with van der Waals surface area (Å²) in [5, 5.41) is 12.6. The van der Waals surface area contributed by atoms with Crippen LogP contribution in [0.3, 0.4) is 0 Å². The molecule has 1 saturated heterocycles. The molecule has 19 heavy (non-hydrogen) atoms. The first-order valence-corrected chi connectivity index (χ1v) is 7.10. The summed E-state index contributed by atoms with van der Waals surface area (Å²) in [5.74, 6) is -0.258. The van der Waals surface area contributed by atoms with Crippen molar-refractivity contribution < 1.29 is 14.6 Å². The third kappa shape index (κ3) is 5.09. The number of hydrogen-bond acceptors (Lipinski definition) is 4. The molecule has 0 aromatic heterocycles. The summed E-state index contributed by atoms with van der Waals surface area (Å²) in [5.41, 5.74) is -0.886. The van der Waals surface area contributed by atoms with Gasteiger partial charge in [0.2, 0.25) is 0 Å². The highest BCUT2D eigenvalue weighted by Crippen LogP contribution is 2.19. The van der Waals surface area contributed by atoms with E-state index < -0.39 is 11.5 Å². The Morgan fingerprint density at radius 3 is 2.79 bits per heavy atom. The SMILES string of the molecule is COCC1CCCN(CC(C)(NC(C)C)C(=O)O)C1. The number of methoxy groups -OCH3 is 1. The van der Waals surface area contributed by atoms with E-state index >= 15 is 0 Å². The zero-order chi connectivity index (χ0) is 14.5. The third-order valence-corrected chi connectivity index (χ3v) is 3.62. The Morgan fingerprint density at radius 1 is 1.58 bits per heavy atom. The average molecular weight is 272 g/mol. The molecular formula is C14H28N2O3. The highest BCUT2D eigenvalue weighted by molar-refractivity contribution is 5.78. The Balaban J connectivity index is 2.61. The van der Waals surface area contributed by atoms with E-state index in [4.69, 9.17) is 4.74 Å². The molecule has 2 N–H and O–H groups in total. The van der Waals surface area contributed by atoms with Gasteiger partial charge >= 0.3 is 5.97 Å². The number of nitrogens with one attached hydrogen (secondary N) is 1. The van der Waals surface area contributed by atoms with Crippen molar-refractivity contribution in [3.8, 4) is 0 Å². The molecule has 0 aromatic rings. The summed E-state index contributed by atoms with van der Waals surface area (Å²) in [6.07, 6.45) is 2.29. The fourth-order valence-electron chi connectivity index (χ4n) is 2.93. The highest BCUT2D eigenvalue weighted by atomic mass is 16.5. The van der Waals surface area contributed by atoms with Gasteiger partial charge in [0, 0.05) is 26.2 Å². The van der Waals surface area contributed by atoms with Gasteiger partial charge in [0.05, 0.1) is 6.61 Å². The van der Waals surface area contributed by atoms with Gasteiger partial charge in [0.1, 0.15) is 5.54 Å². The molecule has 0 radical (unpaired) electrons. The molecule has 0 aliphatic carbocycles. The number of piperidine rings is 1. The van der Waals surface area contributed by atoms with Crippen LogP contribution < -0.4 is 5.32 Å². The molecule has 1 fully saturated rings. The van der Waals surface area contributed by atoms with Crippen molar-refractivity contribution in [1.82, 2.24) is 10.2 Å². The minimum Gasteiger partial charge on any atom is -0.480 e. The second-order valence-corrected chi connectivity index (χ2v) is 6.14. The molecule has 0 amide bonds. The standard InChI is InChI=1S/C14H28N2O3/c1-11(2)15-14(3,13(17)18)10-16-7-5-6-12(8-16)9-19-4/h11-12,15H,5-10H2,1-4H3,(H,17,18). The number of aliphatic carboxylic acids is 1. The van der Waals surface area contributed by atoms with Crippen molar-refractivity contribution in [3.63, 3.8) is 0 Å². The Labute approximate surface area is 116 Å². The van der Waals surface area contributed by atoms with Gasteiger partial charge in [0.15, 0.2) is 0 Å². The van der Waals surface area contributed by atoms with Gasteiger partial charge in [-0.15, -0.1) is 0 Å². The van der Waals surface area contributed by atoms with Crippen LogP contribution in [0.25, 0.3) is 0 Å². The minimum absolute atomic E-state index is 0.153. The van der Waals surface area contributed by atoms with Crippen LogP contribution in [0.4, 0.5) is 0 Å². The molecule has 1 aliphatic heterocycles. The van der Waals surface area contributed by atoms with Crippen LogP contribution in [0, 0.1) is 5.92 Å². The van der Waals surface area contributed by atoms with Crippen LogP contribution in [-0.2, 0) is 9.53 Å². The van der Waals surface area contributed by atoms with E-state index in [2.05, 4.69) is 10.2 Å². The molecule has 1 aliphatic rings. The van der Waals surface area contributed by atoms with Crippen LogP contribution in [-0.4, -0.2) is 60.9 Å². The average Bonchev–Trinajstić information content (AvgIpc) is 2.28. The number of carbonyl (C=O) groups is 1. The van der Waals surface area contributed by atoms with Gasteiger partial charge < -0.3 is 14.7 Å². The van der Waals surface area contributed by atoms with Crippen LogP contribution in [0.1, 0.15) is 33.6 Å². The molecule has 0 spiro atoms. The molecule has 0 aromatic carbocycles. The fourth-order valence-corrected chi connectivity index (χ4v) is 2.93. The van der Waals surface area contributed by atoms with E-state index in [9.17, 15) is 9.90 Å². The van der Waals surface area contributed by atoms with E-state index in [1.807, 2.05) is 13.8 Å². The van der Waals surface area contributed by atoms with Crippen LogP contribution >= 0.6 is 0 Å². The van der Waals surface area contributed by atoms with Crippen molar-refractivity contribution in [1.29, 1.82) is 0 Å². The van der Waals surface area contributed by atoms with Gasteiger partial charge in [-0.3, -0.25) is 10.1 Å². The summed E-state index contributed by atoms with van der Waals surface area (Å²) < 4.78 is 5.21. The van der Waals surface area contributed by atoms with Crippen molar-refractivity contribution >= 4 is 5.97 Å². The van der Waals surface area contributed by atoms with Crippen molar-refractivity contribution in [3.05, 3.63) is 0 Å². The fraction of sp³-hybridized carbons (Fsp3) is 0.929. The molecule has 0 saturated carbocycles. The van der Waals surface area contributed by atoms with E-state index in [1.54, 1.807) is 14.0 Å². The van der Waals surface area contributed by atoms with Crippen LogP contribution in [0.5, 0.6) is 0 Å². The summed E-state index contributed by atoms with van der Waals surface area (Å²) in [6, 6.07) is 0.153. The maximum atomic E-state index is 11.5. The quantitative estimate of drug-likeness (QED) is 0.729. The Morgan fingerprint density at radius 2 is 2.26 bits per heavy atom. The first kappa shape index (κ1) is 16.4. The molecule has 2 unspecified atom stereocenters. The highest BCUT2D eigenvalue weighted by Gasteiger charge is 2.36. The van der Waals surface area contributed by atoms with Gasteiger partial charge in [-0.2, -0.15) is 0 Å². The molecule has 5 nitrogen and oxygen atoms in total. The zero-order valence-electron chi connectivity index (χ0n) is 12.6. The summed E-state index contributed by atoms with van der Waals surface area (Å²) in [6.45, 7) is 8.93. The summed E-state index contributed by atoms with van der Waals surface area (Å²) in [4.78, 5) is 13.8. The number of nitrogens with zero attached hydrogens (tertiary/aromatic N) is 1. The van der Waals surface area contributed by atoms with E-state index in [0.717, 1.165) is 26.1 Å².